The molecule has 1 N–H and O–H groups in total. The maximum absolute atomic E-state index is 10.9. The quantitative estimate of drug-likeness (QED) is 0.728. The minimum absolute atomic E-state index is 0.137. The second-order valence-corrected chi connectivity index (χ2v) is 7.75. The summed E-state index contributed by atoms with van der Waals surface area (Å²) in [5.41, 5.74) is 0.259. The predicted octanol–water partition coefficient (Wildman–Crippen LogP) is 2.53. The number of likely N-dealkylation sites (N-methyl/N-ethyl adjacent to an activating group) is 1. The highest BCUT2D eigenvalue weighted by Crippen LogP contribution is 2.61. The van der Waals surface area contributed by atoms with E-state index in [4.69, 9.17) is 4.74 Å². The Bertz CT molecular complexity index is 296. The lowest BCUT2D eigenvalue weighted by molar-refractivity contribution is -0.126. The van der Waals surface area contributed by atoms with Crippen LogP contribution in [0, 0.1) is 23.2 Å². The van der Waals surface area contributed by atoms with Crippen LogP contribution in [0.5, 0.6) is 0 Å². The van der Waals surface area contributed by atoms with Gasteiger partial charge in [-0.05, 0) is 75.7 Å². The third-order valence-electron chi connectivity index (χ3n) is 6.10. The maximum Gasteiger partial charge on any atom is 0.0723 e. The van der Waals surface area contributed by atoms with E-state index in [1.54, 1.807) is 0 Å². The summed E-state index contributed by atoms with van der Waals surface area (Å²) >= 11 is 0. The molecule has 0 radical (unpaired) electrons. The number of hydrogen-bond acceptors (Lipinski definition) is 3. The molecule has 0 aromatic rings. The van der Waals surface area contributed by atoms with Crippen LogP contribution in [0.2, 0.25) is 0 Å². The van der Waals surface area contributed by atoms with Crippen molar-refractivity contribution in [1.29, 1.82) is 0 Å². The Morgan fingerprint density at radius 1 is 1.15 bits per heavy atom. The fraction of sp³-hybridized carbons (Fsp3) is 1.00. The summed E-state index contributed by atoms with van der Waals surface area (Å²) in [6.07, 6.45) is 8.09. The third-order valence-corrected chi connectivity index (χ3v) is 6.10. The molecule has 1 atom stereocenters. The van der Waals surface area contributed by atoms with Crippen LogP contribution in [0.1, 0.15) is 45.4 Å². The first kappa shape index (κ1) is 14.8. The van der Waals surface area contributed by atoms with Gasteiger partial charge in [0.2, 0.25) is 0 Å². The number of aliphatic hydroxyl groups is 1. The van der Waals surface area contributed by atoms with Crippen molar-refractivity contribution in [3.8, 4) is 0 Å². The molecule has 116 valence electrons. The Balaban J connectivity index is 1.55. The molecule has 4 aliphatic carbocycles. The maximum atomic E-state index is 10.9. The summed E-state index contributed by atoms with van der Waals surface area (Å²) < 4.78 is 5.41. The van der Waals surface area contributed by atoms with Crippen LogP contribution in [-0.4, -0.2) is 49.5 Å². The molecule has 0 aromatic carbocycles. The molecule has 0 saturated heterocycles. The van der Waals surface area contributed by atoms with E-state index >= 15 is 0 Å². The molecular formula is C17H31NO2. The van der Waals surface area contributed by atoms with Gasteiger partial charge in [0.1, 0.15) is 0 Å². The second-order valence-electron chi connectivity index (χ2n) is 7.75. The summed E-state index contributed by atoms with van der Waals surface area (Å²) in [5.74, 6) is 2.76. The normalized spacial score (nSPS) is 40.5. The monoisotopic (exact) mass is 281 g/mol. The molecule has 20 heavy (non-hydrogen) atoms. The molecule has 4 aliphatic rings. The lowest BCUT2D eigenvalue weighted by atomic mass is 9.48. The Kier molecular flexibility index (Phi) is 4.40. The molecule has 4 saturated carbocycles. The van der Waals surface area contributed by atoms with Crippen molar-refractivity contribution in [2.45, 2.75) is 51.6 Å². The highest BCUT2D eigenvalue weighted by Gasteiger charge is 2.53. The predicted molar refractivity (Wildman–Crippen MR) is 80.6 cm³/mol. The van der Waals surface area contributed by atoms with Gasteiger partial charge in [0.25, 0.3) is 0 Å². The van der Waals surface area contributed by atoms with Crippen molar-refractivity contribution < 1.29 is 9.84 Å². The molecule has 1 unspecified atom stereocenters. The van der Waals surface area contributed by atoms with Crippen molar-refractivity contribution in [2.24, 2.45) is 23.2 Å². The van der Waals surface area contributed by atoms with E-state index in [-0.39, 0.29) is 11.5 Å². The standard InChI is InChI=1S/C17H31NO2/c1-3-20-5-4-18(2)12-16(19)17-9-13-6-14(10-17)8-15(7-13)11-17/h13-16,19H,3-12H2,1-2H3. The van der Waals surface area contributed by atoms with Gasteiger partial charge in [-0.1, -0.05) is 0 Å². The molecule has 3 nitrogen and oxygen atoms in total. The fourth-order valence-corrected chi connectivity index (χ4v) is 5.53. The van der Waals surface area contributed by atoms with Gasteiger partial charge in [-0.15, -0.1) is 0 Å². The topological polar surface area (TPSA) is 32.7 Å². The fourth-order valence-electron chi connectivity index (χ4n) is 5.53. The Morgan fingerprint density at radius 3 is 2.20 bits per heavy atom. The minimum atomic E-state index is -0.137. The smallest absolute Gasteiger partial charge is 0.0723 e. The highest BCUT2D eigenvalue weighted by molar-refractivity contribution is 5.04. The third kappa shape index (κ3) is 2.90. The van der Waals surface area contributed by atoms with Gasteiger partial charge in [0, 0.05) is 19.7 Å². The molecule has 4 bridgehead atoms. The van der Waals surface area contributed by atoms with E-state index in [9.17, 15) is 5.11 Å². The van der Waals surface area contributed by atoms with Gasteiger partial charge in [-0.3, -0.25) is 0 Å². The van der Waals surface area contributed by atoms with E-state index in [1.807, 2.05) is 6.92 Å². The Morgan fingerprint density at radius 2 is 1.70 bits per heavy atom. The number of aliphatic hydroxyl groups excluding tert-OH is 1. The van der Waals surface area contributed by atoms with Gasteiger partial charge in [0.05, 0.1) is 12.7 Å². The SMILES string of the molecule is CCOCCN(C)CC(O)C12CC3CC(CC(C3)C1)C2. The zero-order valence-electron chi connectivity index (χ0n) is 13.2. The van der Waals surface area contributed by atoms with Gasteiger partial charge in [-0.25, -0.2) is 0 Å². The van der Waals surface area contributed by atoms with Gasteiger partial charge >= 0.3 is 0 Å². The Labute approximate surface area is 123 Å². The molecule has 0 amide bonds. The average molecular weight is 281 g/mol. The lowest BCUT2D eigenvalue weighted by Gasteiger charge is -2.58. The molecule has 0 aliphatic heterocycles. The van der Waals surface area contributed by atoms with Crippen LogP contribution >= 0.6 is 0 Å². The zero-order chi connectivity index (χ0) is 14.2. The van der Waals surface area contributed by atoms with Crippen LogP contribution < -0.4 is 0 Å². The number of nitrogens with zero attached hydrogens (tertiary/aromatic N) is 1. The Hall–Kier alpha value is -0.120. The van der Waals surface area contributed by atoms with Crippen molar-refractivity contribution in [3.05, 3.63) is 0 Å². The van der Waals surface area contributed by atoms with Crippen molar-refractivity contribution in [2.75, 3.05) is 33.4 Å². The first-order chi connectivity index (χ1) is 9.61. The van der Waals surface area contributed by atoms with E-state index in [2.05, 4.69) is 11.9 Å². The number of rotatable bonds is 7. The van der Waals surface area contributed by atoms with Gasteiger partial charge in [-0.2, -0.15) is 0 Å². The molecular weight excluding hydrogens is 250 g/mol. The molecule has 0 spiro atoms. The molecule has 4 rings (SSSR count). The first-order valence-corrected chi connectivity index (χ1v) is 8.55. The molecule has 3 heteroatoms. The van der Waals surface area contributed by atoms with Crippen LogP contribution in [0.3, 0.4) is 0 Å². The van der Waals surface area contributed by atoms with Crippen molar-refractivity contribution >= 4 is 0 Å². The number of hydrogen-bond donors (Lipinski definition) is 1. The average Bonchev–Trinajstić information content (AvgIpc) is 2.37. The van der Waals surface area contributed by atoms with E-state index < -0.39 is 0 Å². The zero-order valence-corrected chi connectivity index (χ0v) is 13.2. The summed E-state index contributed by atoms with van der Waals surface area (Å²) in [6.45, 7) is 5.34. The van der Waals surface area contributed by atoms with E-state index in [1.165, 1.54) is 38.5 Å². The van der Waals surface area contributed by atoms with Crippen LogP contribution in [-0.2, 0) is 4.74 Å². The number of ether oxygens (including phenoxy) is 1. The summed E-state index contributed by atoms with van der Waals surface area (Å²) in [4.78, 5) is 2.25. The summed E-state index contributed by atoms with van der Waals surface area (Å²) in [5, 5.41) is 10.9. The first-order valence-electron chi connectivity index (χ1n) is 8.55. The van der Waals surface area contributed by atoms with Crippen LogP contribution in [0.25, 0.3) is 0 Å². The lowest BCUT2D eigenvalue weighted by Crippen LogP contribution is -2.54. The van der Waals surface area contributed by atoms with Crippen molar-refractivity contribution in [1.82, 2.24) is 4.90 Å². The summed E-state index contributed by atoms with van der Waals surface area (Å²) in [6, 6.07) is 0. The van der Waals surface area contributed by atoms with Crippen LogP contribution in [0.4, 0.5) is 0 Å². The second kappa shape index (κ2) is 5.94. The summed E-state index contributed by atoms with van der Waals surface area (Å²) in [7, 11) is 2.11. The van der Waals surface area contributed by atoms with Crippen LogP contribution in [0.15, 0.2) is 0 Å². The minimum Gasteiger partial charge on any atom is -0.391 e. The van der Waals surface area contributed by atoms with Gasteiger partial charge < -0.3 is 14.7 Å². The van der Waals surface area contributed by atoms with Gasteiger partial charge in [0.15, 0.2) is 0 Å². The molecule has 0 aromatic heterocycles. The van der Waals surface area contributed by atoms with E-state index in [0.29, 0.717) is 0 Å². The molecule has 4 fully saturated rings. The van der Waals surface area contributed by atoms with Crippen molar-refractivity contribution in [3.63, 3.8) is 0 Å². The largest absolute Gasteiger partial charge is 0.391 e. The molecule has 0 heterocycles. The highest BCUT2D eigenvalue weighted by atomic mass is 16.5. The van der Waals surface area contributed by atoms with E-state index in [0.717, 1.165) is 44.1 Å².